The van der Waals surface area contributed by atoms with Crippen LogP contribution in [0.2, 0.25) is 0 Å². The number of carbonyl (C=O) groups is 1. The van der Waals surface area contributed by atoms with Crippen LogP contribution in [0.4, 0.5) is 5.69 Å². The molecule has 0 spiro atoms. The highest BCUT2D eigenvalue weighted by molar-refractivity contribution is 9.10. The van der Waals surface area contributed by atoms with Gasteiger partial charge in [-0.3, -0.25) is 4.79 Å². The van der Waals surface area contributed by atoms with Gasteiger partial charge in [-0.15, -0.1) is 0 Å². The molecule has 1 aromatic carbocycles. The first-order valence-corrected chi connectivity index (χ1v) is 6.10. The average molecular weight is 286 g/mol. The van der Waals surface area contributed by atoms with Gasteiger partial charge >= 0.3 is 5.97 Å². The fourth-order valence-electron chi connectivity index (χ4n) is 1.47. The third kappa shape index (κ3) is 5.16. The van der Waals surface area contributed by atoms with E-state index in [4.69, 9.17) is 5.11 Å². The highest BCUT2D eigenvalue weighted by Crippen LogP contribution is 2.19. The third-order valence-electron chi connectivity index (χ3n) is 2.19. The Kier molecular flexibility index (Phi) is 5.32. The van der Waals surface area contributed by atoms with Crippen molar-refractivity contribution in [1.82, 2.24) is 0 Å². The molecule has 16 heavy (non-hydrogen) atoms. The first-order valence-electron chi connectivity index (χ1n) is 5.31. The number of rotatable bonds is 6. The molecule has 0 aliphatic carbocycles. The van der Waals surface area contributed by atoms with Crippen molar-refractivity contribution in [3.63, 3.8) is 0 Å². The van der Waals surface area contributed by atoms with E-state index >= 15 is 0 Å². The lowest BCUT2D eigenvalue weighted by molar-refractivity contribution is -0.137. The molecule has 0 fully saturated rings. The van der Waals surface area contributed by atoms with Crippen molar-refractivity contribution in [3.8, 4) is 0 Å². The maximum atomic E-state index is 10.3. The molecule has 3 nitrogen and oxygen atoms in total. The van der Waals surface area contributed by atoms with Gasteiger partial charge in [-0.2, -0.15) is 0 Å². The average Bonchev–Trinajstić information content (AvgIpc) is 2.15. The Morgan fingerprint density at radius 2 is 2.12 bits per heavy atom. The quantitative estimate of drug-likeness (QED) is 0.788. The number of carboxylic acids is 1. The van der Waals surface area contributed by atoms with Crippen LogP contribution in [-0.4, -0.2) is 17.6 Å². The van der Waals surface area contributed by atoms with E-state index in [0.717, 1.165) is 29.5 Å². The van der Waals surface area contributed by atoms with Gasteiger partial charge in [0, 0.05) is 23.1 Å². The molecule has 1 aromatic rings. The molecule has 0 aromatic heterocycles. The van der Waals surface area contributed by atoms with Crippen molar-refractivity contribution < 1.29 is 9.90 Å². The predicted molar refractivity (Wildman–Crippen MR) is 68.9 cm³/mol. The Labute approximate surface area is 104 Å². The number of benzene rings is 1. The number of halogens is 1. The van der Waals surface area contributed by atoms with E-state index in [-0.39, 0.29) is 6.42 Å². The van der Waals surface area contributed by atoms with Crippen LogP contribution in [0.3, 0.4) is 0 Å². The Hall–Kier alpha value is -1.03. The molecule has 0 aliphatic rings. The molecule has 0 bridgehead atoms. The molecule has 0 heterocycles. The summed E-state index contributed by atoms with van der Waals surface area (Å²) < 4.78 is 1.06. The minimum atomic E-state index is -0.724. The van der Waals surface area contributed by atoms with Gasteiger partial charge in [-0.05, 0) is 43.5 Å². The molecule has 4 heteroatoms. The fourth-order valence-corrected chi connectivity index (χ4v) is 2.08. The Morgan fingerprint density at radius 3 is 2.75 bits per heavy atom. The standard InChI is InChI=1S/C12H16BrNO2/c1-9-6-10(13)8-11(7-9)14-5-3-2-4-12(15)16/h6-8,14H,2-5H2,1H3,(H,15,16). The maximum absolute atomic E-state index is 10.3. The molecule has 0 aliphatic heterocycles. The van der Waals surface area contributed by atoms with Gasteiger partial charge in [-0.1, -0.05) is 15.9 Å². The number of unbranched alkanes of at least 4 members (excludes halogenated alkanes) is 1. The summed E-state index contributed by atoms with van der Waals surface area (Å²) in [5.74, 6) is -0.724. The Bertz CT molecular complexity index is 346. The lowest BCUT2D eigenvalue weighted by Gasteiger charge is -2.07. The molecular weight excluding hydrogens is 270 g/mol. The second-order valence-electron chi connectivity index (χ2n) is 3.79. The lowest BCUT2D eigenvalue weighted by Crippen LogP contribution is -2.03. The van der Waals surface area contributed by atoms with E-state index in [9.17, 15) is 4.79 Å². The summed E-state index contributed by atoms with van der Waals surface area (Å²) in [6.07, 6.45) is 1.84. The van der Waals surface area contributed by atoms with Crippen molar-refractivity contribution in [2.75, 3.05) is 11.9 Å². The number of hydrogen-bond acceptors (Lipinski definition) is 2. The van der Waals surface area contributed by atoms with Gasteiger partial charge in [-0.25, -0.2) is 0 Å². The lowest BCUT2D eigenvalue weighted by atomic mass is 10.2. The molecule has 0 saturated carbocycles. The third-order valence-corrected chi connectivity index (χ3v) is 2.65. The van der Waals surface area contributed by atoms with Crippen LogP contribution in [0.15, 0.2) is 22.7 Å². The zero-order chi connectivity index (χ0) is 12.0. The van der Waals surface area contributed by atoms with E-state index in [2.05, 4.69) is 33.4 Å². The fraction of sp³-hybridized carbons (Fsp3) is 0.417. The molecule has 0 saturated heterocycles. The van der Waals surface area contributed by atoms with E-state index in [1.807, 2.05) is 13.0 Å². The summed E-state index contributed by atoms with van der Waals surface area (Å²) in [6, 6.07) is 6.14. The normalized spacial score (nSPS) is 10.1. The van der Waals surface area contributed by atoms with Crippen LogP contribution in [0, 0.1) is 6.92 Å². The topological polar surface area (TPSA) is 49.3 Å². The molecule has 88 valence electrons. The van der Waals surface area contributed by atoms with E-state index in [0.29, 0.717) is 0 Å². The van der Waals surface area contributed by atoms with Crippen LogP contribution in [-0.2, 0) is 4.79 Å². The van der Waals surface area contributed by atoms with Crippen LogP contribution in [0.25, 0.3) is 0 Å². The Morgan fingerprint density at radius 1 is 1.38 bits per heavy atom. The highest BCUT2D eigenvalue weighted by Gasteiger charge is 1.98. The predicted octanol–water partition coefficient (Wildman–Crippen LogP) is 3.42. The molecule has 0 radical (unpaired) electrons. The summed E-state index contributed by atoms with van der Waals surface area (Å²) in [7, 11) is 0. The first kappa shape index (κ1) is 13.0. The van der Waals surface area contributed by atoms with E-state index in [1.54, 1.807) is 0 Å². The zero-order valence-electron chi connectivity index (χ0n) is 9.29. The molecule has 2 N–H and O–H groups in total. The summed E-state index contributed by atoms with van der Waals surface area (Å²) in [5.41, 5.74) is 2.27. The van der Waals surface area contributed by atoms with E-state index < -0.39 is 5.97 Å². The van der Waals surface area contributed by atoms with Crippen LogP contribution < -0.4 is 5.32 Å². The van der Waals surface area contributed by atoms with Crippen molar-refractivity contribution in [1.29, 1.82) is 0 Å². The van der Waals surface area contributed by atoms with Crippen molar-refractivity contribution in [2.45, 2.75) is 26.2 Å². The number of aliphatic carboxylic acids is 1. The number of carboxylic acid groups (broad SMARTS) is 1. The first-order chi connectivity index (χ1) is 7.58. The smallest absolute Gasteiger partial charge is 0.303 e. The van der Waals surface area contributed by atoms with Gasteiger partial charge in [0.1, 0.15) is 0 Å². The van der Waals surface area contributed by atoms with Gasteiger partial charge in [0.2, 0.25) is 0 Å². The summed E-state index contributed by atoms with van der Waals surface area (Å²) >= 11 is 3.44. The molecule has 0 unspecified atom stereocenters. The van der Waals surface area contributed by atoms with Crippen molar-refractivity contribution >= 4 is 27.6 Å². The molecule has 0 amide bonds. The summed E-state index contributed by atoms with van der Waals surface area (Å²) in [6.45, 7) is 2.85. The SMILES string of the molecule is Cc1cc(Br)cc(NCCCCC(=O)O)c1. The minimum absolute atomic E-state index is 0.249. The summed E-state index contributed by atoms with van der Waals surface area (Å²) in [4.78, 5) is 10.3. The van der Waals surface area contributed by atoms with Gasteiger partial charge < -0.3 is 10.4 Å². The molecule has 0 atom stereocenters. The second kappa shape index (κ2) is 6.53. The zero-order valence-corrected chi connectivity index (χ0v) is 10.9. The number of hydrogen-bond donors (Lipinski definition) is 2. The minimum Gasteiger partial charge on any atom is -0.481 e. The van der Waals surface area contributed by atoms with Gasteiger partial charge in [0.15, 0.2) is 0 Å². The Balaban J connectivity index is 2.29. The van der Waals surface area contributed by atoms with Gasteiger partial charge in [0.25, 0.3) is 0 Å². The largest absolute Gasteiger partial charge is 0.481 e. The molecular formula is C12H16BrNO2. The van der Waals surface area contributed by atoms with Crippen LogP contribution in [0.5, 0.6) is 0 Å². The second-order valence-corrected chi connectivity index (χ2v) is 4.71. The van der Waals surface area contributed by atoms with E-state index in [1.165, 1.54) is 5.56 Å². The van der Waals surface area contributed by atoms with Crippen molar-refractivity contribution in [2.24, 2.45) is 0 Å². The number of anilines is 1. The number of aryl methyl sites for hydroxylation is 1. The van der Waals surface area contributed by atoms with Crippen LogP contribution >= 0.6 is 15.9 Å². The van der Waals surface area contributed by atoms with Crippen molar-refractivity contribution in [3.05, 3.63) is 28.2 Å². The molecule has 1 rings (SSSR count). The van der Waals surface area contributed by atoms with Gasteiger partial charge in [0.05, 0.1) is 0 Å². The summed E-state index contributed by atoms with van der Waals surface area (Å²) in [5, 5.41) is 11.8. The number of nitrogens with one attached hydrogen (secondary N) is 1. The highest BCUT2D eigenvalue weighted by atomic mass is 79.9. The monoisotopic (exact) mass is 285 g/mol. The van der Waals surface area contributed by atoms with Crippen LogP contribution in [0.1, 0.15) is 24.8 Å². The maximum Gasteiger partial charge on any atom is 0.303 e.